The van der Waals surface area contributed by atoms with Gasteiger partial charge in [0.1, 0.15) is 11.6 Å². The number of ether oxygens (including phenoxy) is 1. The molecule has 22 heavy (non-hydrogen) atoms. The monoisotopic (exact) mass is 330 g/mol. The zero-order valence-electron chi connectivity index (χ0n) is 11.9. The quantitative estimate of drug-likeness (QED) is 0.822. The number of halogens is 2. The maximum Gasteiger partial charge on any atom is 0.313 e. The molecule has 0 spiro atoms. The molecule has 0 saturated carbocycles. The average molecular weight is 330 g/mol. The van der Waals surface area contributed by atoms with Crippen molar-refractivity contribution in [2.75, 3.05) is 30.5 Å². The molecule has 1 heterocycles. The van der Waals surface area contributed by atoms with Crippen LogP contribution in [0.3, 0.4) is 0 Å². The van der Waals surface area contributed by atoms with Crippen LogP contribution in [0.2, 0.25) is 0 Å². The lowest BCUT2D eigenvalue weighted by Crippen LogP contribution is -2.47. The summed E-state index contributed by atoms with van der Waals surface area (Å²) in [6.45, 7) is 0.203. The first-order chi connectivity index (χ1) is 10.5. The van der Waals surface area contributed by atoms with Gasteiger partial charge >= 0.3 is 11.8 Å². The molecule has 2 rings (SSSR count). The highest BCUT2D eigenvalue weighted by Gasteiger charge is 2.35. The normalized spacial score (nSPS) is 20.7. The van der Waals surface area contributed by atoms with Crippen LogP contribution >= 0.6 is 11.8 Å². The second-order valence-electron chi connectivity index (χ2n) is 4.95. The Hall–Kier alpha value is -1.67. The van der Waals surface area contributed by atoms with Gasteiger partial charge in [0.05, 0.1) is 11.3 Å². The zero-order chi connectivity index (χ0) is 16.2. The van der Waals surface area contributed by atoms with Gasteiger partial charge in [-0.3, -0.25) is 9.59 Å². The number of hydrogen-bond donors (Lipinski definition) is 2. The Balaban J connectivity index is 1.90. The summed E-state index contributed by atoms with van der Waals surface area (Å²) in [5.41, 5.74) is -0.721. The number of amides is 2. The lowest BCUT2D eigenvalue weighted by Gasteiger charge is -2.26. The van der Waals surface area contributed by atoms with Crippen LogP contribution in [0.25, 0.3) is 0 Å². The van der Waals surface area contributed by atoms with Gasteiger partial charge in [-0.2, -0.15) is 11.8 Å². The van der Waals surface area contributed by atoms with Crippen LogP contribution in [-0.4, -0.2) is 42.6 Å². The lowest BCUT2D eigenvalue weighted by molar-refractivity contribution is -0.136. The number of carbonyl (C=O) groups excluding carboxylic acids is 2. The molecule has 1 atom stereocenters. The van der Waals surface area contributed by atoms with E-state index in [2.05, 4.69) is 10.6 Å². The van der Waals surface area contributed by atoms with Crippen molar-refractivity contribution < 1.29 is 23.1 Å². The van der Waals surface area contributed by atoms with E-state index in [1.807, 2.05) is 0 Å². The third-order valence-corrected chi connectivity index (χ3v) is 4.68. The first kappa shape index (κ1) is 16.7. The lowest BCUT2D eigenvalue weighted by atomic mass is 10.0. The second kappa shape index (κ2) is 7.06. The van der Waals surface area contributed by atoms with Crippen LogP contribution < -0.4 is 10.6 Å². The molecule has 5 nitrogen and oxygen atoms in total. The molecule has 1 aliphatic rings. The standard InChI is InChI=1S/C14H16F2N2O3S/c1-21-14(4-5-22-8-14)7-17-12(19)13(20)18-11-3-2-9(15)6-10(11)16/h2-3,6H,4-5,7-8H2,1H3,(H,17,19)(H,18,20)/t14-/m1/s1. The van der Waals surface area contributed by atoms with Crippen molar-refractivity contribution in [1.29, 1.82) is 0 Å². The zero-order valence-corrected chi connectivity index (χ0v) is 12.8. The van der Waals surface area contributed by atoms with Gasteiger partial charge in [0.15, 0.2) is 0 Å². The van der Waals surface area contributed by atoms with Crippen molar-refractivity contribution in [2.24, 2.45) is 0 Å². The molecule has 2 amide bonds. The fraction of sp³-hybridized carbons (Fsp3) is 0.429. The molecule has 120 valence electrons. The number of anilines is 1. The number of hydrogen-bond acceptors (Lipinski definition) is 4. The van der Waals surface area contributed by atoms with Gasteiger partial charge in [0.25, 0.3) is 0 Å². The Morgan fingerprint density at radius 1 is 1.36 bits per heavy atom. The van der Waals surface area contributed by atoms with Gasteiger partial charge in [-0.15, -0.1) is 0 Å². The smallest absolute Gasteiger partial charge is 0.313 e. The van der Waals surface area contributed by atoms with Crippen molar-refractivity contribution in [3.8, 4) is 0 Å². The van der Waals surface area contributed by atoms with Gasteiger partial charge in [-0.25, -0.2) is 8.78 Å². The Morgan fingerprint density at radius 3 is 2.73 bits per heavy atom. The highest BCUT2D eigenvalue weighted by atomic mass is 32.2. The average Bonchev–Trinajstić information content (AvgIpc) is 2.97. The van der Waals surface area contributed by atoms with Crippen LogP contribution in [0, 0.1) is 11.6 Å². The highest BCUT2D eigenvalue weighted by molar-refractivity contribution is 7.99. The van der Waals surface area contributed by atoms with Gasteiger partial charge in [-0.05, 0) is 24.3 Å². The van der Waals surface area contributed by atoms with Crippen LogP contribution in [0.4, 0.5) is 14.5 Å². The van der Waals surface area contributed by atoms with Crippen molar-refractivity contribution >= 4 is 29.3 Å². The number of methoxy groups -OCH3 is 1. The molecule has 0 unspecified atom stereocenters. The summed E-state index contributed by atoms with van der Waals surface area (Å²) in [5, 5.41) is 4.59. The minimum absolute atomic E-state index is 0.203. The molecule has 0 aliphatic carbocycles. The highest BCUT2D eigenvalue weighted by Crippen LogP contribution is 2.30. The minimum atomic E-state index is -1.01. The third-order valence-electron chi connectivity index (χ3n) is 3.46. The van der Waals surface area contributed by atoms with E-state index in [1.54, 1.807) is 18.9 Å². The van der Waals surface area contributed by atoms with Crippen LogP contribution in [-0.2, 0) is 14.3 Å². The fourth-order valence-electron chi connectivity index (χ4n) is 2.05. The Morgan fingerprint density at radius 2 is 2.14 bits per heavy atom. The van der Waals surface area contributed by atoms with Crippen molar-refractivity contribution in [1.82, 2.24) is 5.32 Å². The van der Waals surface area contributed by atoms with Crippen LogP contribution in [0.15, 0.2) is 18.2 Å². The fourth-order valence-corrected chi connectivity index (χ4v) is 3.45. The Kier molecular flexibility index (Phi) is 5.36. The van der Waals surface area contributed by atoms with E-state index in [9.17, 15) is 18.4 Å². The summed E-state index contributed by atoms with van der Waals surface area (Å²) >= 11 is 1.71. The van der Waals surface area contributed by atoms with E-state index in [0.717, 1.165) is 30.1 Å². The van der Waals surface area contributed by atoms with Crippen molar-refractivity contribution in [3.05, 3.63) is 29.8 Å². The third kappa shape index (κ3) is 3.95. The van der Waals surface area contributed by atoms with Crippen LogP contribution in [0.1, 0.15) is 6.42 Å². The molecule has 8 heteroatoms. The number of thioether (sulfide) groups is 1. The van der Waals surface area contributed by atoms with Gasteiger partial charge in [0, 0.05) is 25.5 Å². The molecular weight excluding hydrogens is 314 g/mol. The van der Waals surface area contributed by atoms with E-state index in [0.29, 0.717) is 6.07 Å². The first-order valence-electron chi connectivity index (χ1n) is 6.63. The number of benzene rings is 1. The molecule has 2 N–H and O–H groups in total. The Bertz CT molecular complexity index is 577. The topological polar surface area (TPSA) is 67.4 Å². The van der Waals surface area contributed by atoms with E-state index in [-0.39, 0.29) is 12.2 Å². The molecule has 0 bridgehead atoms. The second-order valence-corrected chi connectivity index (χ2v) is 6.06. The van der Waals surface area contributed by atoms with E-state index in [1.165, 1.54) is 0 Å². The van der Waals surface area contributed by atoms with Gasteiger partial charge in [-0.1, -0.05) is 0 Å². The molecule has 1 fully saturated rings. The minimum Gasteiger partial charge on any atom is -0.376 e. The summed E-state index contributed by atoms with van der Waals surface area (Å²) in [6, 6.07) is 2.68. The SMILES string of the molecule is CO[C@@]1(CNC(=O)C(=O)Nc2ccc(F)cc2F)CCSC1. The number of nitrogens with one attached hydrogen (secondary N) is 2. The molecule has 1 aliphatic heterocycles. The molecule has 1 saturated heterocycles. The molecular formula is C14H16F2N2O3S. The maximum absolute atomic E-state index is 13.4. The first-order valence-corrected chi connectivity index (χ1v) is 7.78. The van der Waals surface area contributed by atoms with Gasteiger partial charge < -0.3 is 15.4 Å². The molecule has 1 aromatic carbocycles. The van der Waals surface area contributed by atoms with Crippen LogP contribution in [0.5, 0.6) is 0 Å². The molecule has 1 aromatic rings. The summed E-state index contributed by atoms with van der Waals surface area (Å²) in [5.74, 6) is -1.95. The predicted molar refractivity (Wildman–Crippen MR) is 79.7 cm³/mol. The Labute approximate surface area is 130 Å². The summed E-state index contributed by atoms with van der Waals surface area (Å²) in [7, 11) is 1.56. The van der Waals surface area contributed by atoms with Crippen molar-refractivity contribution in [2.45, 2.75) is 12.0 Å². The largest absolute Gasteiger partial charge is 0.376 e. The number of carbonyl (C=O) groups is 2. The summed E-state index contributed by atoms with van der Waals surface area (Å²) in [4.78, 5) is 23.5. The summed E-state index contributed by atoms with van der Waals surface area (Å²) in [6.07, 6.45) is 0.780. The molecule has 0 aromatic heterocycles. The molecule has 0 radical (unpaired) electrons. The number of rotatable bonds is 4. The van der Waals surface area contributed by atoms with Gasteiger partial charge in [0.2, 0.25) is 0 Å². The van der Waals surface area contributed by atoms with E-state index in [4.69, 9.17) is 4.74 Å². The van der Waals surface area contributed by atoms with E-state index >= 15 is 0 Å². The summed E-state index contributed by atoms with van der Waals surface area (Å²) < 4.78 is 31.6. The van der Waals surface area contributed by atoms with E-state index < -0.39 is 29.0 Å². The maximum atomic E-state index is 13.4. The predicted octanol–water partition coefficient (Wildman–Crippen LogP) is 1.54. The van der Waals surface area contributed by atoms with Crippen molar-refractivity contribution in [3.63, 3.8) is 0 Å².